The lowest BCUT2D eigenvalue weighted by Gasteiger charge is -2.35. The Bertz CT molecular complexity index is 1150. The number of carbonyl (C=O) groups excluding carboxylic acids is 1. The summed E-state index contributed by atoms with van der Waals surface area (Å²) in [6, 6.07) is 1.40. The van der Waals surface area contributed by atoms with Crippen LogP contribution < -0.4 is 25.1 Å². The number of halogens is 1. The van der Waals surface area contributed by atoms with Crippen molar-refractivity contribution < 1.29 is 23.4 Å². The summed E-state index contributed by atoms with van der Waals surface area (Å²) in [6.45, 7) is 5.77. The molecule has 0 radical (unpaired) electrons. The number of rotatable bonds is 4. The highest BCUT2D eigenvalue weighted by Gasteiger charge is 2.35. The third-order valence-electron chi connectivity index (χ3n) is 5.77. The summed E-state index contributed by atoms with van der Waals surface area (Å²) in [5.41, 5.74) is 0.235. The van der Waals surface area contributed by atoms with Crippen LogP contribution in [0.2, 0.25) is 0 Å². The van der Waals surface area contributed by atoms with Crippen molar-refractivity contribution in [2.45, 2.75) is 32.7 Å². The Morgan fingerprint density at radius 2 is 2.19 bits per heavy atom. The van der Waals surface area contributed by atoms with Gasteiger partial charge in [0.15, 0.2) is 17.3 Å². The summed E-state index contributed by atoms with van der Waals surface area (Å²) >= 11 is 0. The Labute approximate surface area is 178 Å². The molecule has 0 spiro atoms. The van der Waals surface area contributed by atoms with Gasteiger partial charge >= 0.3 is 6.16 Å². The molecule has 1 aromatic heterocycles. The van der Waals surface area contributed by atoms with Gasteiger partial charge in [0.2, 0.25) is 5.43 Å². The third-order valence-corrected chi connectivity index (χ3v) is 5.77. The van der Waals surface area contributed by atoms with Crippen molar-refractivity contribution in [1.82, 2.24) is 9.88 Å². The zero-order valence-electron chi connectivity index (χ0n) is 17.4. The van der Waals surface area contributed by atoms with Gasteiger partial charge in [-0.15, -0.1) is 0 Å². The maximum Gasteiger partial charge on any atom is 0.514 e. The number of carbonyl (C=O) groups is 1. The molecule has 1 aromatic carbocycles. The quantitative estimate of drug-likeness (QED) is 0.748. The summed E-state index contributed by atoms with van der Waals surface area (Å²) in [5, 5.41) is 3.44. The number of aromatic nitrogens is 1. The highest BCUT2D eigenvalue weighted by atomic mass is 19.1. The van der Waals surface area contributed by atoms with Crippen molar-refractivity contribution in [3.05, 3.63) is 34.1 Å². The molecule has 2 aromatic rings. The topological polar surface area (TPSA) is 82.0 Å². The van der Waals surface area contributed by atoms with Crippen LogP contribution in [-0.4, -0.2) is 43.0 Å². The lowest BCUT2D eigenvalue weighted by atomic mass is 10.1. The molecule has 8 nitrogen and oxygen atoms in total. The molecule has 164 valence electrons. The molecule has 3 aliphatic rings. The van der Waals surface area contributed by atoms with Crippen LogP contribution in [0.5, 0.6) is 11.5 Å². The molecule has 31 heavy (non-hydrogen) atoms. The standard InChI is InChI=1S/C22H24FN3O5/c1-3-29-22(28)31-17-11-26-10-16(13-4-5-13)30-21-18(26)14(20(17)27)8-15(23)19(21)25-7-6-24-12(2)9-25/h8,10-13,24H,3-7,9H2,1-2H3. The smallest absolute Gasteiger partial charge is 0.455 e. The Balaban J connectivity index is 1.70. The van der Waals surface area contributed by atoms with Crippen LogP contribution in [0, 0.1) is 11.7 Å². The molecule has 1 saturated carbocycles. The van der Waals surface area contributed by atoms with Gasteiger partial charge in [0, 0.05) is 37.8 Å². The summed E-state index contributed by atoms with van der Waals surface area (Å²) in [6.07, 6.45) is 4.24. The van der Waals surface area contributed by atoms with Gasteiger partial charge in [-0.05, 0) is 32.8 Å². The number of nitrogens with one attached hydrogen (secondary N) is 1. The Hall–Kier alpha value is -3.07. The molecule has 0 amide bonds. The molecule has 1 atom stereocenters. The van der Waals surface area contributed by atoms with Crippen molar-refractivity contribution >= 4 is 28.9 Å². The summed E-state index contributed by atoms with van der Waals surface area (Å²) in [7, 11) is 0. The minimum absolute atomic E-state index is 0.0901. The lowest BCUT2D eigenvalue weighted by Crippen LogP contribution is -2.49. The summed E-state index contributed by atoms with van der Waals surface area (Å²) < 4.78 is 33.2. The minimum Gasteiger partial charge on any atom is -0.455 e. The van der Waals surface area contributed by atoms with Crippen LogP contribution in [0.25, 0.3) is 17.1 Å². The Morgan fingerprint density at radius 1 is 1.39 bits per heavy atom. The first-order chi connectivity index (χ1) is 15.0. The van der Waals surface area contributed by atoms with E-state index in [1.54, 1.807) is 17.7 Å². The van der Waals surface area contributed by atoms with E-state index in [-0.39, 0.29) is 29.7 Å². The highest BCUT2D eigenvalue weighted by molar-refractivity contribution is 5.94. The molecule has 2 fully saturated rings. The van der Waals surface area contributed by atoms with Gasteiger partial charge in [0.25, 0.3) is 0 Å². The number of hydrogen-bond acceptors (Lipinski definition) is 7. The summed E-state index contributed by atoms with van der Waals surface area (Å²) in [5.74, 6) is 0.566. The predicted octanol–water partition coefficient (Wildman–Crippen LogP) is 3.07. The van der Waals surface area contributed by atoms with Crippen molar-refractivity contribution in [3.8, 4) is 11.5 Å². The number of pyridine rings is 1. The number of benzene rings is 1. The van der Waals surface area contributed by atoms with Gasteiger partial charge in [0.1, 0.15) is 17.0 Å². The van der Waals surface area contributed by atoms with E-state index in [9.17, 15) is 9.59 Å². The number of ether oxygens (including phenoxy) is 3. The van der Waals surface area contributed by atoms with E-state index >= 15 is 4.39 Å². The second-order valence-electron chi connectivity index (χ2n) is 8.16. The van der Waals surface area contributed by atoms with Crippen molar-refractivity contribution in [1.29, 1.82) is 0 Å². The van der Waals surface area contributed by atoms with E-state index in [0.29, 0.717) is 30.0 Å². The number of anilines is 1. The normalized spacial score (nSPS) is 20.3. The van der Waals surface area contributed by atoms with Crippen LogP contribution in [0.1, 0.15) is 26.7 Å². The molecule has 2 aliphatic heterocycles. The molecule has 9 heteroatoms. The van der Waals surface area contributed by atoms with Gasteiger partial charge in [-0.1, -0.05) is 0 Å². The molecule has 1 unspecified atom stereocenters. The highest BCUT2D eigenvalue weighted by Crippen LogP contribution is 2.46. The van der Waals surface area contributed by atoms with Crippen molar-refractivity contribution in [2.75, 3.05) is 31.1 Å². The SMILES string of the molecule is CCOC(=O)Oc1cn2c3c(c(N4CCNC(C)C4)c(F)cc3c1=O)OC(C1CC1)=C2. The molecular weight excluding hydrogens is 405 g/mol. The summed E-state index contributed by atoms with van der Waals surface area (Å²) in [4.78, 5) is 26.8. The number of nitrogens with zero attached hydrogens (tertiary/aromatic N) is 2. The third kappa shape index (κ3) is 3.52. The molecule has 5 rings (SSSR count). The maximum absolute atomic E-state index is 15.4. The Morgan fingerprint density at radius 3 is 2.90 bits per heavy atom. The lowest BCUT2D eigenvalue weighted by molar-refractivity contribution is 0.104. The van der Waals surface area contributed by atoms with E-state index < -0.39 is 17.4 Å². The molecule has 3 heterocycles. The predicted molar refractivity (Wildman–Crippen MR) is 113 cm³/mol. The van der Waals surface area contributed by atoms with Crippen LogP contribution in [0.15, 0.2) is 22.8 Å². The van der Waals surface area contributed by atoms with Crippen LogP contribution in [0.4, 0.5) is 14.9 Å². The number of allylic oxidation sites excluding steroid dienone is 1. The van der Waals surface area contributed by atoms with Crippen molar-refractivity contribution in [3.63, 3.8) is 0 Å². The second-order valence-corrected chi connectivity index (χ2v) is 8.16. The minimum atomic E-state index is -0.975. The molecular formula is C22H24FN3O5. The Kier molecular flexibility index (Phi) is 4.85. The monoisotopic (exact) mass is 429 g/mol. The van der Waals surface area contributed by atoms with Crippen LogP contribution in [-0.2, 0) is 4.74 Å². The van der Waals surface area contributed by atoms with Gasteiger partial charge in [-0.2, -0.15) is 0 Å². The zero-order chi connectivity index (χ0) is 21.7. The van der Waals surface area contributed by atoms with E-state index in [1.807, 2.05) is 11.8 Å². The molecule has 1 N–H and O–H groups in total. The molecule has 0 bridgehead atoms. The van der Waals surface area contributed by atoms with Gasteiger partial charge in [0.05, 0.1) is 18.2 Å². The molecule has 1 aliphatic carbocycles. The maximum atomic E-state index is 15.4. The second kappa shape index (κ2) is 7.56. The van der Waals surface area contributed by atoms with E-state index in [0.717, 1.165) is 25.1 Å². The fraction of sp³-hybridized carbons (Fsp3) is 0.455. The number of hydrogen-bond donors (Lipinski definition) is 1. The first-order valence-corrected chi connectivity index (χ1v) is 10.6. The van der Waals surface area contributed by atoms with Gasteiger partial charge in [-0.3, -0.25) is 4.79 Å². The van der Waals surface area contributed by atoms with Gasteiger partial charge in [-0.25, -0.2) is 9.18 Å². The first-order valence-electron chi connectivity index (χ1n) is 10.6. The average molecular weight is 429 g/mol. The number of piperazine rings is 1. The van der Waals surface area contributed by atoms with Crippen LogP contribution in [0.3, 0.4) is 0 Å². The largest absolute Gasteiger partial charge is 0.514 e. The van der Waals surface area contributed by atoms with Gasteiger partial charge < -0.3 is 29.0 Å². The zero-order valence-corrected chi connectivity index (χ0v) is 17.4. The van der Waals surface area contributed by atoms with E-state index in [4.69, 9.17) is 14.2 Å². The fourth-order valence-electron chi connectivity index (χ4n) is 4.19. The fourth-order valence-corrected chi connectivity index (χ4v) is 4.19. The average Bonchev–Trinajstić information content (AvgIpc) is 3.56. The van der Waals surface area contributed by atoms with E-state index in [1.165, 1.54) is 12.3 Å². The van der Waals surface area contributed by atoms with E-state index in [2.05, 4.69) is 5.32 Å². The first kappa shape index (κ1) is 19.9. The molecule has 1 saturated heterocycles. The van der Waals surface area contributed by atoms with Crippen LogP contribution >= 0.6 is 0 Å². The van der Waals surface area contributed by atoms with Crippen molar-refractivity contribution in [2.24, 2.45) is 5.92 Å².